The van der Waals surface area contributed by atoms with Gasteiger partial charge in [-0.3, -0.25) is 4.79 Å². The number of nitrogens with one attached hydrogen (secondary N) is 1. The second-order valence-electron chi connectivity index (χ2n) is 7.07. The first-order valence-corrected chi connectivity index (χ1v) is 10.4. The lowest BCUT2D eigenvalue weighted by molar-refractivity contribution is 0.0922. The first kappa shape index (κ1) is 18.8. The van der Waals surface area contributed by atoms with Crippen molar-refractivity contribution in [1.82, 2.24) is 19.5 Å². The molecule has 1 aromatic carbocycles. The molecule has 7 nitrogen and oxygen atoms in total. The second-order valence-corrected chi connectivity index (χ2v) is 9.05. The third-order valence-corrected chi connectivity index (χ3v) is 5.86. The van der Waals surface area contributed by atoms with Crippen LogP contribution in [0.5, 0.6) is 0 Å². The van der Waals surface area contributed by atoms with Crippen LogP contribution in [-0.2, 0) is 10.0 Å². The largest absolute Gasteiger partial charge is 0.346 e. The predicted octanol–water partition coefficient (Wildman–Crippen LogP) is 0.786. The lowest BCUT2D eigenvalue weighted by Gasteiger charge is -2.22. The number of pyridine rings is 1. The molecule has 2 heterocycles. The van der Waals surface area contributed by atoms with Gasteiger partial charge in [0.05, 0.1) is 11.8 Å². The summed E-state index contributed by atoms with van der Waals surface area (Å²) in [6.07, 6.45) is 1.20. The Morgan fingerprint density at radius 3 is 2.65 bits per heavy atom. The summed E-state index contributed by atoms with van der Waals surface area (Å²) in [5.74, 6) is -0.246. The number of hydrogen-bond acceptors (Lipinski definition) is 5. The zero-order chi connectivity index (χ0) is 18.9. The lowest BCUT2D eigenvalue weighted by Crippen LogP contribution is -2.43. The van der Waals surface area contributed by atoms with Crippen LogP contribution < -0.4 is 5.32 Å². The molecule has 26 heavy (non-hydrogen) atoms. The van der Waals surface area contributed by atoms with Crippen molar-refractivity contribution >= 4 is 26.8 Å². The van der Waals surface area contributed by atoms with Crippen LogP contribution in [0.15, 0.2) is 36.4 Å². The van der Waals surface area contributed by atoms with Crippen molar-refractivity contribution in [2.45, 2.75) is 6.04 Å². The molecule has 8 heteroatoms. The summed E-state index contributed by atoms with van der Waals surface area (Å²) in [5.41, 5.74) is 1.10. The minimum atomic E-state index is -3.29. The Bertz CT molecular complexity index is 914. The third kappa shape index (κ3) is 4.20. The first-order chi connectivity index (χ1) is 12.2. The molecule has 1 amide bonds. The quantitative estimate of drug-likeness (QED) is 0.834. The molecule has 1 saturated heterocycles. The Morgan fingerprint density at radius 1 is 1.23 bits per heavy atom. The van der Waals surface area contributed by atoms with Gasteiger partial charge in [0.15, 0.2) is 0 Å². The maximum absolute atomic E-state index is 12.7. The highest BCUT2D eigenvalue weighted by atomic mass is 32.2. The number of fused-ring (bicyclic) bond motifs is 1. The van der Waals surface area contributed by atoms with Crippen LogP contribution in [0, 0.1) is 5.92 Å². The molecule has 0 unspecified atom stereocenters. The molecule has 2 atom stereocenters. The van der Waals surface area contributed by atoms with Crippen molar-refractivity contribution in [3.05, 3.63) is 42.1 Å². The van der Waals surface area contributed by atoms with Gasteiger partial charge in [0.2, 0.25) is 10.0 Å². The van der Waals surface area contributed by atoms with Crippen LogP contribution >= 0.6 is 0 Å². The fourth-order valence-corrected chi connectivity index (χ4v) is 4.25. The topological polar surface area (TPSA) is 82.6 Å². The molecule has 1 fully saturated rings. The van der Waals surface area contributed by atoms with Crippen molar-refractivity contribution < 1.29 is 13.2 Å². The minimum absolute atomic E-state index is 0.0316. The van der Waals surface area contributed by atoms with Crippen LogP contribution in [0.25, 0.3) is 10.9 Å². The highest BCUT2D eigenvalue weighted by molar-refractivity contribution is 7.88. The monoisotopic (exact) mass is 376 g/mol. The van der Waals surface area contributed by atoms with E-state index in [-0.39, 0.29) is 24.4 Å². The third-order valence-electron chi connectivity index (χ3n) is 4.62. The van der Waals surface area contributed by atoms with Crippen LogP contribution in [-0.4, -0.2) is 74.5 Å². The summed E-state index contributed by atoms with van der Waals surface area (Å²) in [6.45, 7) is 1.39. The summed E-state index contributed by atoms with van der Waals surface area (Å²) < 4.78 is 25.2. The number of nitrogens with zero attached hydrogens (tertiary/aromatic N) is 3. The minimum Gasteiger partial charge on any atom is -0.346 e. The molecule has 1 aromatic heterocycles. The summed E-state index contributed by atoms with van der Waals surface area (Å²) >= 11 is 0. The molecule has 0 spiro atoms. The molecular formula is C18H24N4O3S. The van der Waals surface area contributed by atoms with Gasteiger partial charge in [-0.25, -0.2) is 13.4 Å². The van der Waals surface area contributed by atoms with Gasteiger partial charge in [-0.15, -0.1) is 0 Å². The van der Waals surface area contributed by atoms with Gasteiger partial charge in [-0.2, -0.15) is 4.31 Å². The van der Waals surface area contributed by atoms with E-state index in [9.17, 15) is 13.2 Å². The zero-order valence-corrected chi connectivity index (χ0v) is 16.0. The number of carbonyl (C=O) groups is 1. The molecule has 1 aliphatic rings. The van der Waals surface area contributed by atoms with Gasteiger partial charge in [0.1, 0.15) is 5.69 Å². The standard InChI is InChI=1S/C18H24N4O3S/c1-21(2)10-14-11-22(26(3,24)25)12-17(14)20-18(23)16-9-8-13-6-4-5-7-15(13)19-16/h4-9,14,17H,10-12H2,1-3H3,(H,20,23)/t14-,17-/m1/s1. The molecule has 0 radical (unpaired) electrons. The van der Waals surface area contributed by atoms with Crippen LogP contribution in [0.3, 0.4) is 0 Å². The highest BCUT2D eigenvalue weighted by Crippen LogP contribution is 2.21. The van der Waals surface area contributed by atoms with Gasteiger partial charge in [-0.05, 0) is 26.2 Å². The smallest absolute Gasteiger partial charge is 0.270 e. The van der Waals surface area contributed by atoms with Crippen molar-refractivity contribution in [3.8, 4) is 0 Å². The number of hydrogen-bond donors (Lipinski definition) is 1. The van der Waals surface area contributed by atoms with E-state index in [0.717, 1.165) is 10.9 Å². The number of aromatic nitrogens is 1. The van der Waals surface area contributed by atoms with E-state index in [1.807, 2.05) is 49.3 Å². The van der Waals surface area contributed by atoms with E-state index in [2.05, 4.69) is 10.3 Å². The van der Waals surface area contributed by atoms with Gasteiger partial charge in [-0.1, -0.05) is 24.3 Å². The maximum atomic E-state index is 12.7. The number of benzene rings is 1. The molecule has 0 aliphatic carbocycles. The number of rotatable bonds is 5. The van der Waals surface area contributed by atoms with Gasteiger partial charge in [0, 0.05) is 37.0 Å². The van der Waals surface area contributed by atoms with E-state index in [4.69, 9.17) is 0 Å². The highest BCUT2D eigenvalue weighted by Gasteiger charge is 2.38. The predicted molar refractivity (Wildman–Crippen MR) is 101 cm³/mol. The molecule has 1 N–H and O–H groups in total. The Hall–Kier alpha value is -2.03. The zero-order valence-electron chi connectivity index (χ0n) is 15.2. The van der Waals surface area contributed by atoms with Gasteiger partial charge < -0.3 is 10.2 Å². The SMILES string of the molecule is CN(C)C[C@@H]1CN(S(C)(=O)=O)C[C@H]1NC(=O)c1ccc2ccccc2n1. The average Bonchev–Trinajstić information content (AvgIpc) is 2.96. The second kappa shape index (κ2) is 7.30. The summed E-state index contributed by atoms with van der Waals surface area (Å²) in [5, 5.41) is 3.95. The van der Waals surface area contributed by atoms with E-state index < -0.39 is 10.0 Å². The van der Waals surface area contributed by atoms with E-state index in [1.165, 1.54) is 10.6 Å². The maximum Gasteiger partial charge on any atom is 0.270 e. The Morgan fingerprint density at radius 2 is 1.96 bits per heavy atom. The van der Waals surface area contributed by atoms with Crippen molar-refractivity contribution in [2.75, 3.05) is 40.0 Å². The number of carbonyl (C=O) groups excluding carboxylic acids is 1. The molecule has 0 bridgehead atoms. The van der Waals surface area contributed by atoms with Crippen molar-refractivity contribution in [1.29, 1.82) is 0 Å². The fourth-order valence-electron chi connectivity index (χ4n) is 3.35. The number of amides is 1. The average molecular weight is 376 g/mol. The van der Waals surface area contributed by atoms with Crippen molar-refractivity contribution in [2.24, 2.45) is 5.92 Å². The van der Waals surface area contributed by atoms with Crippen LogP contribution in [0.1, 0.15) is 10.5 Å². The van der Waals surface area contributed by atoms with Crippen molar-refractivity contribution in [3.63, 3.8) is 0 Å². The van der Waals surface area contributed by atoms with Gasteiger partial charge in [0.25, 0.3) is 5.91 Å². The summed E-state index contributed by atoms with van der Waals surface area (Å²) in [7, 11) is 0.589. The summed E-state index contributed by atoms with van der Waals surface area (Å²) in [6, 6.07) is 10.9. The molecule has 2 aromatic rings. The van der Waals surface area contributed by atoms with Crippen LogP contribution in [0.4, 0.5) is 0 Å². The first-order valence-electron chi connectivity index (χ1n) is 8.50. The molecule has 140 valence electrons. The number of para-hydroxylation sites is 1. The van der Waals surface area contributed by atoms with Gasteiger partial charge >= 0.3 is 0 Å². The van der Waals surface area contributed by atoms with E-state index >= 15 is 0 Å². The fraction of sp³-hybridized carbons (Fsp3) is 0.444. The molecule has 3 rings (SSSR count). The molecular weight excluding hydrogens is 352 g/mol. The van der Waals surface area contributed by atoms with Crippen LogP contribution in [0.2, 0.25) is 0 Å². The number of sulfonamides is 1. The Kier molecular flexibility index (Phi) is 5.27. The lowest BCUT2D eigenvalue weighted by atomic mass is 10.0. The van der Waals surface area contributed by atoms with E-state index in [1.54, 1.807) is 6.07 Å². The Balaban J connectivity index is 1.78. The normalized spacial score (nSPS) is 21.4. The molecule has 1 aliphatic heterocycles. The summed E-state index contributed by atoms with van der Waals surface area (Å²) in [4.78, 5) is 19.1. The van der Waals surface area contributed by atoms with E-state index in [0.29, 0.717) is 18.8 Å². The molecule has 0 saturated carbocycles. The Labute approximate surface area is 154 Å².